The molecule has 0 bridgehead atoms. The van der Waals surface area contributed by atoms with Gasteiger partial charge in [0.1, 0.15) is 6.17 Å². The Bertz CT molecular complexity index is 132. The van der Waals surface area contributed by atoms with Gasteiger partial charge in [-0.1, -0.05) is 86.5 Å². The van der Waals surface area contributed by atoms with E-state index in [0.29, 0.717) is 0 Å². The van der Waals surface area contributed by atoms with Gasteiger partial charge in [0, 0.05) is 0 Å². The van der Waals surface area contributed by atoms with Gasteiger partial charge >= 0.3 is 0 Å². The lowest BCUT2D eigenvalue weighted by molar-refractivity contribution is 0.251. The van der Waals surface area contributed by atoms with Crippen LogP contribution in [0.5, 0.6) is 0 Å². The van der Waals surface area contributed by atoms with E-state index in [1.165, 1.54) is 32.1 Å². The lowest BCUT2D eigenvalue weighted by Crippen LogP contribution is -2.08. The van der Waals surface area contributed by atoms with E-state index >= 15 is 0 Å². The number of hydrogen-bond acceptors (Lipinski definition) is 0. The average Bonchev–Trinajstić information content (AvgIpc) is 2.48. The quantitative estimate of drug-likeness (QED) is 0.439. The van der Waals surface area contributed by atoms with Gasteiger partial charge in [0.05, 0.1) is 0 Å². The topological polar surface area (TPSA) is 0 Å². The van der Waals surface area contributed by atoms with E-state index in [1.807, 2.05) is 27.7 Å². The molecule has 0 aromatic rings. The molecule has 0 heterocycles. The molecule has 0 atom stereocenters. The second-order valence-electron chi connectivity index (χ2n) is 5.60. The molecule has 0 aromatic carbocycles. The number of rotatable bonds is 0. The highest BCUT2D eigenvalue weighted by atomic mass is 19.1. The van der Waals surface area contributed by atoms with Crippen LogP contribution in [0.1, 0.15) is 99.3 Å². The molecule has 2 fully saturated rings. The zero-order valence-electron chi connectivity index (χ0n) is 14.5. The fraction of sp³-hybridized carbons (Fsp3) is 1.00. The first kappa shape index (κ1) is 21.2. The van der Waals surface area contributed by atoms with E-state index in [2.05, 4.69) is 13.8 Å². The number of alkyl halides is 1. The molecule has 0 amide bonds. The minimum absolute atomic E-state index is 0.464. The Balaban J connectivity index is 0. The summed E-state index contributed by atoms with van der Waals surface area (Å²) in [7, 11) is 0. The van der Waals surface area contributed by atoms with E-state index in [9.17, 15) is 4.39 Å². The van der Waals surface area contributed by atoms with E-state index in [1.54, 1.807) is 0 Å². The molecule has 2 aliphatic rings. The van der Waals surface area contributed by atoms with Crippen molar-refractivity contribution in [1.82, 2.24) is 0 Å². The van der Waals surface area contributed by atoms with Crippen LogP contribution in [0.4, 0.5) is 4.39 Å². The summed E-state index contributed by atoms with van der Waals surface area (Å²) in [6.45, 7) is 12.7. The van der Waals surface area contributed by atoms with Crippen LogP contribution in [-0.2, 0) is 0 Å². The smallest absolute Gasteiger partial charge is 0.100 e. The van der Waals surface area contributed by atoms with Gasteiger partial charge < -0.3 is 0 Å². The fourth-order valence-electron chi connectivity index (χ4n) is 2.48. The van der Waals surface area contributed by atoms with Crippen LogP contribution in [0.2, 0.25) is 0 Å². The maximum Gasteiger partial charge on any atom is 0.100 e. The van der Waals surface area contributed by atoms with Crippen molar-refractivity contribution in [2.24, 2.45) is 11.8 Å². The fourth-order valence-corrected chi connectivity index (χ4v) is 2.48. The predicted molar refractivity (Wildman–Crippen MR) is 87.5 cm³/mol. The minimum atomic E-state index is -0.464. The highest BCUT2D eigenvalue weighted by molar-refractivity contribution is 4.65. The lowest BCUT2D eigenvalue weighted by atomic mass is 9.84. The summed E-state index contributed by atoms with van der Waals surface area (Å²) in [6, 6.07) is 0. The van der Waals surface area contributed by atoms with Gasteiger partial charge in [0.15, 0.2) is 0 Å². The zero-order valence-corrected chi connectivity index (χ0v) is 14.5. The minimum Gasteiger partial charge on any atom is -0.247 e. The van der Waals surface area contributed by atoms with Crippen LogP contribution in [-0.4, -0.2) is 6.17 Å². The predicted octanol–water partition coefficient (Wildman–Crippen LogP) is 7.17. The van der Waals surface area contributed by atoms with Gasteiger partial charge in [-0.15, -0.1) is 0 Å². The van der Waals surface area contributed by atoms with E-state index < -0.39 is 6.17 Å². The molecule has 19 heavy (non-hydrogen) atoms. The molecule has 0 spiro atoms. The second kappa shape index (κ2) is 16.0. The van der Waals surface area contributed by atoms with Crippen molar-refractivity contribution < 1.29 is 4.39 Å². The molecule has 0 unspecified atom stereocenters. The Morgan fingerprint density at radius 3 is 1.11 bits per heavy atom. The van der Waals surface area contributed by atoms with Crippen molar-refractivity contribution in [3.8, 4) is 0 Å². The van der Waals surface area contributed by atoms with Crippen LogP contribution in [0.25, 0.3) is 0 Å². The van der Waals surface area contributed by atoms with Crippen molar-refractivity contribution in [3.63, 3.8) is 0 Å². The van der Waals surface area contributed by atoms with Crippen molar-refractivity contribution >= 4 is 0 Å². The Morgan fingerprint density at radius 2 is 0.895 bits per heavy atom. The SMILES string of the molecule is CC.CC.CC1CCC(C)CC1.FC1CCCCC1. The molecular weight excluding hydrogens is 235 g/mol. The third kappa shape index (κ3) is 14.2. The first-order valence-electron chi connectivity index (χ1n) is 8.82. The highest BCUT2D eigenvalue weighted by Crippen LogP contribution is 2.27. The van der Waals surface area contributed by atoms with Gasteiger partial charge in [-0.05, 0) is 24.7 Å². The van der Waals surface area contributed by atoms with Gasteiger partial charge in [-0.3, -0.25) is 0 Å². The summed E-state index contributed by atoms with van der Waals surface area (Å²) in [4.78, 5) is 0. The van der Waals surface area contributed by atoms with Crippen LogP contribution >= 0.6 is 0 Å². The molecule has 2 aliphatic carbocycles. The molecular formula is C18H39F. The van der Waals surface area contributed by atoms with Crippen molar-refractivity contribution in [3.05, 3.63) is 0 Å². The van der Waals surface area contributed by atoms with Crippen LogP contribution in [0.15, 0.2) is 0 Å². The van der Waals surface area contributed by atoms with Gasteiger partial charge in [0.25, 0.3) is 0 Å². The maximum absolute atomic E-state index is 12.2. The molecule has 0 saturated heterocycles. The van der Waals surface area contributed by atoms with Gasteiger partial charge in [-0.25, -0.2) is 4.39 Å². The largest absolute Gasteiger partial charge is 0.247 e. The number of hydrogen-bond donors (Lipinski definition) is 0. The van der Waals surface area contributed by atoms with E-state index in [4.69, 9.17) is 0 Å². The van der Waals surface area contributed by atoms with Crippen LogP contribution < -0.4 is 0 Å². The van der Waals surface area contributed by atoms with Crippen molar-refractivity contribution in [1.29, 1.82) is 0 Å². The lowest BCUT2D eigenvalue weighted by Gasteiger charge is -2.22. The molecule has 0 aromatic heterocycles. The van der Waals surface area contributed by atoms with E-state index in [0.717, 1.165) is 37.5 Å². The average molecular weight is 275 g/mol. The third-order valence-electron chi connectivity index (χ3n) is 3.84. The molecule has 0 radical (unpaired) electrons. The third-order valence-corrected chi connectivity index (χ3v) is 3.84. The molecule has 118 valence electrons. The van der Waals surface area contributed by atoms with Gasteiger partial charge in [-0.2, -0.15) is 0 Å². The monoisotopic (exact) mass is 274 g/mol. The Labute approximate surface area is 122 Å². The first-order valence-corrected chi connectivity index (χ1v) is 8.82. The molecule has 0 aliphatic heterocycles. The summed E-state index contributed by atoms with van der Waals surface area (Å²) in [5, 5.41) is 0. The summed E-state index contributed by atoms with van der Waals surface area (Å²) < 4.78 is 12.2. The van der Waals surface area contributed by atoms with Gasteiger partial charge in [0.2, 0.25) is 0 Å². The Morgan fingerprint density at radius 1 is 0.579 bits per heavy atom. The zero-order chi connectivity index (χ0) is 15.1. The Hall–Kier alpha value is -0.0700. The highest BCUT2D eigenvalue weighted by Gasteiger charge is 2.13. The van der Waals surface area contributed by atoms with Crippen molar-refractivity contribution in [2.75, 3.05) is 0 Å². The standard InChI is InChI=1S/C8H16.C6H11F.2C2H6/c1-7-3-5-8(2)6-4-7;7-6-4-2-1-3-5-6;2*1-2/h7-8H,3-6H2,1-2H3;6H,1-5H2;2*1-2H3. The molecule has 0 nitrogen and oxygen atoms in total. The second-order valence-corrected chi connectivity index (χ2v) is 5.60. The number of halogens is 1. The van der Waals surface area contributed by atoms with Crippen LogP contribution in [0, 0.1) is 11.8 Å². The molecule has 2 rings (SSSR count). The Kier molecular flexibility index (Phi) is 17.9. The summed E-state index contributed by atoms with van der Waals surface area (Å²) in [6.07, 6.45) is 10.5. The maximum atomic E-state index is 12.2. The first-order chi connectivity index (χ1) is 9.18. The molecule has 2 saturated carbocycles. The summed E-state index contributed by atoms with van der Waals surface area (Å²) in [5.74, 6) is 2.04. The van der Waals surface area contributed by atoms with Crippen molar-refractivity contribution in [2.45, 2.75) is 106 Å². The van der Waals surface area contributed by atoms with E-state index in [-0.39, 0.29) is 0 Å². The molecule has 0 N–H and O–H groups in total. The summed E-state index contributed by atoms with van der Waals surface area (Å²) in [5.41, 5.74) is 0. The normalized spacial score (nSPS) is 26.7. The van der Waals surface area contributed by atoms with Crippen LogP contribution in [0.3, 0.4) is 0 Å². The molecule has 1 heteroatoms. The summed E-state index contributed by atoms with van der Waals surface area (Å²) >= 11 is 0.